The van der Waals surface area contributed by atoms with Crippen LogP contribution in [0.1, 0.15) is 44.9 Å². The van der Waals surface area contributed by atoms with E-state index in [9.17, 15) is 0 Å². The van der Waals surface area contributed by atoms with E-state index >= 15 is 0 Å². The van der Waals surface area contributed by atoms with E-state index in [-0.39, 0.29) is 5.41 Å². The normalized spacial score (nSPS) is 15.2. The molecule has 3 rings (SSSR count). The Kier molecular flexibility index (Phi) is 3.82. The summed E-state index contributed by atoms with van der Waals surface area (Å²) in [6.07, 6.45) is 3.56. The lowest BCUT2D eigenvalue weighted by molar-refractivity contribution is 0.552. The van der Waals surface area contributed by atoms with E-state index in [1.54, 1.807) is 0 Å². The number of nitrogens with zero attached hydrogens (tertiary/aromatic N) is 2. The summed E-state index contributed by atoms with van der Waals surface area (Å²) in [6, 6.07) is 8.33. The molecular weight excluding hydrogens is 326 g/mol. The largest absolute Gasteiger partial charge is 0.370 e. The van der Waals surface area contributed by atoms with Crippen LogP contribution in [0.3, 0.4) is 0 Å². The van der Waals surface area contributed by atoms with Gasteiger partial charge in [-0.15, -0.1) is 0 Å². The Bertz CT molecular complexity index is 653. The highest BCUT2D eigenvalue weighted by atomic mass is 79.9. The molecule has 112 valence electrons. The molecule has 21 heavy (non-hydrogen) atoms. The molecule has 0 unspecified atom stereocenters. The summed E-state index contributed by atoms with van der Waals surface area (Å²) in [6.45, 7) is 7.75. The molecule has 0 spiro atoms. The minimum absolute atomic E-state index is 0.0629. The lowest BCUT2D eigenvalue weighted by atomic mass is 9.88. The SMILES string of the molecule is CC(C)(C)c1nn(-c2cccc(Br)c2)c2c1CCCCN2. The number of nitrogens with one attached hydrogen (secondary N) is 1. The molecule has 0 saturated carbocycles. The average Bonchev–Trinajstić information content (AvgIpc) is 2.62. The molecule has 2 heterocycles. The Hall–Kier alpha value is -1.29. The summed E-state index contributed by atoms with van der Waals surface area (Å²) in [5.41, 5.74) is 3.77. The average molecular weight is 348 g/mol. The Labute approximate surface area is 134 Å². The minimum Gasteiger partial charge on any atom is -0.370 e. The van der Waals surface area contributed by atoms with Crippen LogP contribution in [0.15, 0.2) is 28.7 Å². The summed E-state index contributed by atoms with van der Waals surface area (Å²) >= 11 is 3.56. The monoisotopic (exact) mass is 347 g/mol. The summed E-state index contributed by atoms with van der Waals surface area (Å²) in [5, 5.41) is 8.54. The van der Waals surface area contributed by atoms with E-state index in [1.807, 2.05) is 6.07 Å². The Morgan fingerprint density at radius 3 is 2.76 bits per heavy atom. The second-order valence-corrected chi connectivity index (χ2v) is 7.62. The van der Waals surface area contributed by atoms with Crippen LogP contribution in [0.5, 0.6) is 0 Å². The van der Waals surface area contributed by atoms with E-state index in [2.05, 4.69) is 64.9 Å². The van der Waals surface area contributed by atoms with Gasteiger partial charge in [-0.3, -0.25) is 0 Å². The molecule has 4 heteroatoms. The number of aromatic nitrogens is 2. The number of rotatable bonds is 1. The molecule has 0 radical (unpaired) electrons. The summed E-state index contributed by atoms with van der Waals surface area (Å²) in [5.74, 6) is 1.18. The van der Waals surface area contributed by atoms with Crippen LogP contribution in [-0.4, -0.2) is 16.3 Å². The first kappa shape index (κ1) is 14.6. The van der Waals surface area contributed by atoms with E-state index in [0.717, 1.165) is 23.1 Å². The second kappa shape index (κ2) is 5.48. The van der Waals surface area contributed by atoms with Crippen LogP contribution in [0.2, 0.25) is 0 Å². The van der Waals surface area contributed by atoms with Gasteiger partial charge in [-0.1, -0.05) is 42.8 Å². The van der Waals surface area contributed by atoms with Crippen molar-refractivity contribution in [3.8, 4) is 5.69 Å². The molecule has 2 aromatic rings. The minimum atomic E-state index is 0.0629. The second-order valence-electron chi connectivity index (χ2n) is 6.70. The van der Waals surface area contributed by atoms with Crippen molar-refractivity contribution in [1.29, 1.82) is 0 Å². The number of fused-ring (bicyclic) bond motifs is 1. The maximum absolute atomic E-state index is 4.95. The molecule has 1 N–H and O–H groups in total. The van der Waals surface area contributed by atoms with Crippen LogP contribution in [0.25, 0.3) is 5.69 Å². The van der Waals surface area contributed by atoms with Crippen molar-refractivity contribution in [2.24, 2.45) is 0 Å². The molecule has 0 atom stereocenters. The standard InChI is InChI=1S/C17H22BrN3/c1-17(2,3)15-14-9-4-5-10-19-16(14)21(20-15)13-8-6-7-12(18)11-13/h6-8,11,19H,4-5,9-10H2,1-3H3. The predicted molar refractivity (Wildman–Crippen MR) is 91.4 cm³/mol. The first-order chi connectivity index (χ1) is 9.97. The fraction of sp³-hybridized carbons (Fsp3) is 0.471. The van der Waals surface area contributed by atoms with Crippen LogP contribution in [-0.2, 0) is 11.8 Å². The van der Waals surface area contributed by atoms with Crippen molar-refractivity contribution < 1.29 is 0 Å². The van der Waals surface area contributed by atoms with Crippen molar-refractivity contribution >= 4 is 21.7 Å². The maximum atomic E-state index is 4.95. The topological polar surface area (TPSA) is 29.9 Å². The van der Waals surface area contributed by atoms with Gasteiger partial charge in [0.25, 0.3) is 0 Å². The van der Waals surface area contributed by atoms with Crippen molar-refractivity contribution in [1.82, 2.24) is 9.78 Å². The Morgan fingerprint density at radius 2 is 2.05 bits per heavy atom. The molecule has 1 aliphatic rings. The molecule has 1 aromatic carbocycles. The van der Waals surface area contributed by atoms with E-state index < -0.39 is 0 Å². The molecule has 3 nitrogen and oxygen atoms in total. The van der Waals surface area contributed by atoms with E-state index in [1.165, 1.54) is 29.9 Å². The van der Waals surface area contributed by atoms with Gasteiger partial charge >= 0.3 is 0 Å². The van der Waals surface area contributed by atoms with Crippen LogP contribution >= 0.6 is 15.9 Å². The molecule has 0 saturated heterocycles. The Balaban J connectivity index is 2.19. The van der Waals surface area contributed by atoms with Crippen LogP contribution < -0.4 is 5.32 Å². The highest BCUT2D eigenvalue weighted by Gasteiger charge is 2.27. The molecule has 1 aromatic heterocycles. The number of hydrogen-bond donors (Lipinski definition) is 1. The summed E-state index contributed by atoms with van der Waals surface area (Å²) in [7, 11) is 0. The van der Waals surface area contributed by atoms with Gasteiger partial charge in [0.1, 0.15) is 5.82 Å². The fourth-order valence-corrected chi connectivity index (χ4v) is 3.29. The summed E-state index contributed by atoms with van der Waals surface area (Å²) < 4.78 is 3.15. The van der Waals surface area contributed by atoms with Crippen molar-refractivity contribution in [2.75, 3.05) is 11.9 Å². The Morgan fingerprint density at radius 1 is 1.24 bits per heavy atom. The number of hydrogen-bond acceptors (Lipinski definition) is 2. The molecule has 0 bridgehead atoms. The third kappa shape index (κ3) is 2.86. The molecular formula is C17H22BrN3. The molecule has 0 fully saturated rings. The third-order valence-electron chi connectivity index (χ3n) is 3.89. The fourth-order valence-electron chi connectivity index (χ4n) is 2.90. The van der Waals surface area contributed by atoms with Gasteiger partial charge in [0.2, 0.25) is 0 Å². The molecule has 1 aliphatic heterocycles. The smallest absolute Gasteiger partial charge is 0.133 e. The summed E-state index contributed by atoms with van der Waals surface area (Å²) in [4.78, 5) is 0. The van der Waals surface area contributed by atoms with E-state index in [4.69, 9.17) is 5.10 Å². The number of anilines is 1. The van der Waals surface area contributed by atoms with Crippen LogP contribution in [0, 0.1) is 0 Å². The zero-order valence-electron chi connectivity index (χ0n) is 12.9. The van der Waals surface area contributed by atoms with Gasteiger partial charge in [-0.2, -0.15) is 5.10 Å². The first-order valence-electron chi connectivity index (χ1n) is 7.59. The molecule has 0 aliphatic carbocycles. The van der Waals surface area contributed by atoms with Gasteiger partial charge in [0.05, 0.1) is 11.4 Å². The van der Waals surface area contributed by atoms with Gasteiger partial charge in [0, 0.05) is 22.0 Å². The maximum Gasteiger partial charge on any atom is 0.133 e. The predicted octanol–water partition coefficient (Wildman–Crippen LogP) is 4.68. The number of benzene rings is 1. The van der Waals surface area contributed by atoms with Gasteiger partial charge in [-0.25, -0.2) is 4.68 Å². The van der Waals surface area contributed by atoms with E-state index in [0.29, 0.717) is 0 Å². The van der Waals surface area contributed by atoms with Crippen LogP contribution in [0.4, 0.5) is 5.82 Å². The van der Waals surface area contributed by atoms with Gasteiger partial charge in [0.15, 0.2) is 0 Å². The van der Waals surface area contributed by atoms with Gasteiger partial charge < -0.3 is 5.32 Å². The zero-order valence-corrected chi connectivity index (χ0v) is 14.5. The lowest BCUT2D eigenvalue weighted by Gasteiger charge is -2.17. The highest BCUT2D eigenvalue weighted by molar-refractivity contribution is 9.10. The molecule has 0 amide bonds. The first-order valence-corrected chi connectivity index (χ1v) is 8.38. The third-order valence-corrected chi connectivity index (χ3v) is 4.39. The van der Waals surface area contributed by atoms with Gasteiger partial charge in [-0.05, 0) is 37.5 Å². The lowest BCUT2D eigenvalue weighted by Crippen LogP contribution is -2.15. The van der Waals surface area contributed by atoms with Crippen molar-refractivity contribution in [3.63, 3.8) is 0 Å². The quantitative estimate of drug-likeness (QED) is 0.811. The highest BCUT2D eigenvalue weighted by Crippen LogP contribution is 2.34. The van der Waals surface area contributed by atoms with Crippen molar-refractivity contribution in [3.05, 3.63) is 40.0 Å². The number of halogens is 1. The zero-order chi connectivity index (χ0) is 15.0. The van der Waals surface area contributed by atoms with Crippen molar-refractivity contribution in [2.45, 2.75) is 45.4 Å².